The number of aromatic nitrogens is 1. The highest BCUT2D eigenvalue weighted by molar-refractivity contribution is 5.89. The molecule has 0 aliphatic carbocycles. The fraction of sp³-hybridized carbons (Fsp3) is 0.368. The van der Waals surface area contributed by atoms with Crippen molar-refractivity contribution in [3.8, 4) is 18.1 Å². The Morgan fingerprint density at radius 1 is 1.29 bits per heavy atom. The Balaban J connectivity index is 2.34. The van der Waals surface area contributed by atoms with Crippen molar-refractivity contribution in [1.29, 1.82) is 0 Å². The number of terminal acetylenes is 1. The molecular formula is C19H23N3O2. The Labute approximate surface area is 143 Å². The maximum Gasteiger partial charge on any atom is 0.415 e. The zero-order valence-corrected chi connectivity index (χ0v) is 14.5. The first-order chi connectivity index (χ1) is 11.6. The van der Waals surface area contributed by atoms with Crippen LogP contribution in [0, 0.1) is 12.3 Å². The third-order valence-corrected chi connectivity index (χ3v) is 3.84. The minimum absolute atomic E-state index is 0.357. The van der Waals surface area contributed by atoms with Crippen LogP contribution < -0.4 is 4.74 Å². The molecule has 2 rings (SSSR count). The van der Waals surface area contributed by atoms with E-state index < -0.39 is 0 Å². The van der Waals surface area contributed by atoms with Crippen LogP contribution >= 0.6 is 0 Å². The second-order valence-electron chi connectivity index (χ2n) is 5.54. The van der Waals surface area contributed by atoms with E-state index >= 15 is 0 Å². The van der Waals surface area contributed by atoms with Gasteiger partial charge in [-0.2, -0.15) is 0 Å². The lowest BCUT2D eigenvalue weighted by atomic mass is 10.1. The molecule has 0 unspecified atom stereocenters. The standard InChI is InChI=1S/C19H23N3O2/c1-5-13-21(4)14-15-10-11-17(18-16(15)9-8-12-20-18)24-19(23)22(6-2)7-3/h1,8-12H,6-7,13-14H2,2-4H3. The Morgan fingerprint density at radius 2 is 2.04 bits per heavy atom. The summed E-state index contributed by atoms with van der Waals surface area (Å²) in [5.74, 6) is 3.11. The van der Waals surface area contributed by atoms with Crippen molar-refractivity contribution < 1.29 is 9.53 Å². The highest BCUT2D eigenvalue weighted by Gasteiger charge is 2.16. The van der Waals surface area contributed by atoms with Gasteiger partial charge >= 0.3 is 6.09 Å². The maximum atomic E-state index is 12.2. The molecule has 0 radical (unpaired) electrons. The van der Waals surface area contributed by atoms with Gasteiger partial charge in [0.2, 0.25) is 0 Å². The molecule has 2 aromatic rings. The number of rotatable bonds is 6. The lowest BCUT2D eigenvalue weighted by molar-refractivity contribution is 0.158. The SMILES string of the molecule is C#CCN(C)Cc1ccc(OC(=O)N(CC)CC)c2ncccc12. The van der Waals surface area contributed by atoms with E-state index in [-0.39, 0.29) is 6.09 Å². The summed E-state index contributed by atoms with van der Waals surface area (Å²) >= 11 is 0. The first-order valence-electron chi connectivity index (χ1n) is 8.06. The number of carbonyl (C=O) groups excluding carboxylic acids is 1. The van der Waals surface area contributed by atoms with Crippen LogP contribution in [0.2, 0.25) is 0 Å². The smallest absolute Gasteiger partial charge is 0.408 e. The van der Waals surface area contributed by atoms with E-state index in [1.807, 2.05) is 44.0 Å². The summed E-state index contributed by atoms with van der Waals surface area (Å²) < 4.78 is 5.56. The lowest BCUT2D eigenvalue weighted by Crippen LogP contribution is -2.33. The highest BCUT2D eigenvalue weighted by Crippen LogP contribution is 2.28. The number of hydrogen-bond donors (Lipinski definition) is 0. The highest BCUT2D eigenvalue weighted by atomic mass is 16.6. The number of ether oxygens (including phenoxy) is 1. The summed E-state index contributed by atoms with van der Waals surface area (Å²) in [5, 5.41) is 0.964. The van der Waals surface area contributed by atoms with E-state index in [0.717, 1.165) is 10.9 Å². The molecule has 1 heterocycles. The van der Waals surface area contributed by atoms with Gasteiger partial charge < -0.3 is 9.64 Å². The second-order valence-corrected chi connectivity index (χ2v) is 5.54. The largest absolute Gasteiger partial charge is 0.415 e. The molecule has 0 saturated heterocycles. The average molecular weight is 325 g/mol. The van der Waals surface area contributed by atoms with Crippen molar-refractivity contribution in [2.45, 2.75) is 20.4 Å². The van der Waals surface area contributed by atoms with E-state index in [2.05, 4.69) is 10.9 Å². The molecule has 1 aromatic carbocycles. The lowest BCUT2D eigenvalue weighted by Gasteiger charge is -2.19. The summed E-state index contributed by atoms with van der Waals surface area (Å²) in [6, 6.07) is 7.62. The quantitative estimate of drug-likeness (QED) is 0.766. The number of benzene rings is 1. The molecule has 0 saturated carbocycles. The number of fused-ring (bicyclic) bond motifs is 1. The summed E-state index contributed by atoms with van der Waals surface area (Å²) in [5.41, 5.74) is 1.78. The van der Waals surface area contributed by atoms with Gasteiger partial charge in [-0.3, -0.25) is 9.88 Å². The zero-order chi connectivity index (χ0) is 17.5. The molecule has 0 N–H and O–H groups in total. The van der Waals surface area contributed by atoms with Crippen molar-refractivity contribution in [1.82, 2.24) is 14.8 Å². The Kier molecular flexibility index (Phi) is 6.16. The summed E-state index contributed by atoms with van der Waals surface area (Å²) in [6.07, 6.45) is 6.71. The van der Waals surface area contributed by atoms with E-state index in [9.17, 15) is 4.79 Å². The minimum Gasteiger partial charge on any atom is -0.408 e. The molecule has 0 bridgehead atoms. The Morgan fingerprint density at radius 3 is 2.71 bits per heavy atom. The molecule has 0 aliphatic heterocycles. The molecule has 0 fully saturated rings. The third kappa shape index (κ3) is 4.03. The third-order valence-electron chi connectivity index (χ3n) is 3.84. The van der Waals surface area contributed by atoms with Crippen LogP contribution in [-0.4, -0.2) is 47.6 Å². The van der Waals surface area contributed by atoms with E-state index in [4.69, 9.17) is 11.2 Å². The topological polar surface area (TPSA) is 45.7 Å². The van der Waals surface area contributed by atoms with Crippen LogP contribution in [0.5, 0.6) is 5.75 Å². The van der Waals surface area contributed by atoms with Crippen molar-refractivity contribution in [3.63, 3.8) is 0 Å². The average Bonchev–Trinajstić information content (AvgIpc) is 2.58. The maximum absolute atomic E-state index is 12.2. The normalized spacial score (nSPS) is 10.6. The number of amides is 1. The van der Waals surface area contributed by atoms with Crippen LogP contribution in [0.15, 0.2) is 30.5 Å². The zero-order valence-electron chi connectivity index (χ0n) is 14.5. The van der Waals surface area contributed by atoms with Crippen LogP contribution in [-0.2, 0) is 6.54 Å². The molecule has 1 amide bonds. The molecule has 5 heteroatoms. The van der Waals surface area contributed by atoms with Gasteiger partial charge in [0.15, 0.2) is 5.75 Å². The van der Waals surface area contributed by atoms with Crippen LogP contribution in [0.1, 0.15) is 19.4 Å². The minimum atomic E-state index is -0.357. The predicted molar refractivity (Wildman–Crippen MR) is 95.9 cm³/mol. The molecular weight excluding hydrogens is 302 g/mol. The first kappa shape index (κ1) is 17.8. The van der Waals surface area contributed by atoms with Crippen molar-refractivity contribution >= 4 is 17.0 Å². The van der Waals surface area contributed by atoms with Gasteiger partial charge in [0.1, 0.15) is 5.52 Å². The van der Waals surface area contributed by atoms with Gasteiger partial charge in [0, 0.05) is 31.2 Å². The second kappa shape index (κ2) is 8.32. The van der Waals surface area contributed by atoms with E-state index in [1.54, 1.807) is 17.2 Å². The van der Waals surface area contributed by atoms with Crippen LogP contribution in [0.4, 0.5) is 4.79 Å². The Hall–Kier alpha value is -2.58. The van der Waals surface area contributed by atoms with Crippen molar-refractivity contribution in [2.75, 3.05) is 26.7 Å². The van der Waals surface area contributed by atoms with Gasteiger partial charge in [0.05, 0.1) is 6.54 Å². The summed E-state index contributed by atoms with van der Waals surface area (Å²) in [7, 11) is 1.97. The van der Waals surface area contributed by atoms with E-state index in [1.165, 1.54) is 0 Å². The number of hydrogen-bond acceptors (Lipinski definition) is 4. The summed E-state index contributed by atoms with van der Waals surface area (Å²) in [4.78, 5) is 20.3. The summed E-state index contributed by atoms with van der Waals surface area (Å²) in [6.45, 7) is 6.33. The van der Waals surface area contributed by atoms with Crippen molar-refractivity contribution in [2.24, 2.45) is 0 Å². The fourth-order valence-electron chi connectivity index (χ4n) is 2.57. The van der Waals surface area contributed by atoms with E-state index in [0.29, 0.717) is 37.4 Å². The molecule has 1 aromatic heterocycles. The van der Waals surface area contributed by atoms with Crippen LogP contribution in [0.3, 0.4) is 0 Å². The van der Waals surface area contributed by atoms with Gasteiger partial charge in [0.25, 0.3) is 0 Å². The number of pyridine rings is 1. The first-order valence-corrected chi connectivity index (χ1v) is 8.06. The molecule has 24 heavy (non-hydrogen) atoms. The number of carbonyl (C=O) groups is 1. The Bertz CT molecular complexity index is 748. The van der Waals surface area contributed by atoms with Crippen molar-refractivity contribution in [3.05, 3.63) is 36.0 Å². The molecule has 0 aliphatic rings. The number of nitrogens with zero attached hydrogens (tertiary/aromatic N) is 3. The van der Waals surface area contributed by atoms with Crippen LogP contribution in [0.25, 0.3) is 10.9 Å². The van der Waals surface area contributed by atoms with Gasteiger partial charge in [-0.15, -0.1) is 6.42 Å². The molecule has 0 atom stereocenters. The monoisotopic (exact) mass is 325 g/mol. The van der Waals surface area contributed by atoms with Gasteiger partial charge in [-0.05, 0) is 38.6 Å². The predicted octanol–water partition coefficient (Wildman–Crippen LogP) is 3.14. The molecule has 126 valence electrons. The molecule has 0 spiro atoms. The fourth-order valence-corrected chi connectivity index (χ4v) is 2.57. The van der Waals surface area contributed by atoms with Gasteiger partial charge in [-0.1, -0.05) is 18.1 Å². The van der Waals surface area contributed by atoms with Gasteiger partial charge in [-0.25, -0.2) is 4.79 Å². The molecule has 5 nitrogen and oxygen atoms in total.